The van der Waals surface area contributed by atoms with Gasteiger partial charge in [-0.1, -0.05) is 13.8 Å². The van der Waals surface area contributed by atoms with E-state index < -0.39 is 23.5 Å². The van der Waals surface area contributed by atoms with Crippen molar-refractivity contribution in [2.75, 3.05) is 13.2 Å². The highest BCUT2D eigenvalue weighted by molar-refractivity contribution is 6.01. The largest absolute Gasteiger partial charge is 0.492 e. The number of carboxylic acid groups (broad SMARTS) is 1. The number of pyridine rings is 2. The van der Waals surface area contributed by atoms with Crippen molar-refractivity contribution in [3.63, 3.8) is 0 Å². The summed E-state index contributed by atoms with van der Waals surface area (Å²) < 4.78 is 35.7. The first-order chi connectivity index (χ1) is 23.1. The summed E-state index contributed by atoms with van der Waals surface area (Å²) in [5, 5.41) is 11.3. The molecule has 2 aromatic carbocycles. The second kappa shape index (κ2) is 11.7. The van der Waals surface area contributed by atoms with Crippen molar-refractivity contribution < 1.29 is 28.5 Å². The normalized spacial score (nSPS) is 15.8. The van der Waals surface area contributed by atoms with Gasteiger partial charge in [0.2, 0.25) is 0 Å². The number of carbonyl (C=O) groups is 1. The van der Waals surface area contributed by atoms with Crippen LogP contribution in [-0.4, -0.2) is 44.4 Å². The Kier molecular flexibility index (Phi) is 7.82. The Morgan fingerprint density at radius 2 is 1.86 bits per heavy atom. The smallest absolute Gasteiger partial charge is 0.337 e. The standard InChI is InChI=1S/C40H42FN3O5/c1-21-25-10-9-15-47-35(25)29(41)18-26(21)34-27-19-31(44(8)37(27)43-22(2)33(34)36(38(45)46)49-39(3,4)5)24-13-14-42-30(17-24)23-11-12-32-28(16-23)40(6,7)20-48-32/h11-14,16-19,36H,9-10,15,20H2,1-8H3,(H,45,46)/t36-/m0/s1. The van der Waals surface area contributed by atoms with Crippen LogP contribution in [0, 0.1) is 19.7 Å². The number of aliphatic carboxylic acids is 1. The number of carboxylic acids is 1. The minimum absolute atomic E-state index is 0.0959. The molecule has 0 saturated heterocycles. The lowest BCUT2D eigenvalue weighted by molar-refractivity contribution is -0.160. The van der Waals surface area contributed by atoms with Gasteiger partial charge in [0.25, 0.3) is 0 Å². The first-order valence-electron chi connectivity index (χ1n) is 16.7. The molecule has 1 N–H and O–H groups in total. The lowest BCUT2D eigenvalue weighted by atomic mass is 9.86. The lowest BCUT2D eigenvalue weighted by Gasteiger charge is -2.29. The third-order valence-corrected chi connectivity index (χ3v) is 9.72. The maximum absolute atomic E-state index is 15.8. The summed E-state index contributed by atoms with van der Waals surface area (Å²) in [6.45, 7) is 14.7. The van der Waals surface area contributed by atoms with E-state index >= 15 is 4.39 Å². The molecule has 5 aromatic rings. The van der Waals surface area contributed by atoms with Crippen molar-refractivity contribution in [2.24, 2.45) is 7.05 Å². The maximum atomic E-state index is 15.8. The Morgan fingerprint density at radius 1 is 1.08 bits per heavy atom. The summed E-state index contributed by atoms with van der Waals surface area (Å²) in [6.07, 6.45) is 1.89. The molecule has 0 amide bonds. The van der Waals surface area contributed by atoms with Crippen LogP contribution in [0.25, 0.3) is 44.7 Å². The highest BCUT2D eigenvalue weighted by Crippen LogP contribution is 2.46. The molecule has 0 bridgehead atoms. The molecular formula is C40H42FN3O5. The molecule has 3 aromatic heterocycles. The van der Waals surface area contributed by atoms with Gasteiger partial charge in [-0.15, -0.1) is 0 Å². The van der Waals surface area contributed by atoms with Gasteiger partial charge in [0.15, 0.2) is 17.7 Å². The van der Waals surface area contributed by atoms with Crippen molar-refractivity contribution in [2.45, 2.75) is 78.4 Å². The molecule has 49 heavy (non-hydrogen) atoms. The number of fused-ring (bicyclic) bond motifs is 3. The molecule has 2 aliphatic rings. The SMILES string of the molecule is Cc1nc2c(cc(-c3ccnc(-c4ccc5c(c4)C(C)(C)CO5)c3)n2C)c(-c2cc(F)c3c(c2C)CCCO3)c1[C@H](OC(C)(C)C)C(=O)O. The fraction of sp³-hybridized carbons (Fsp3) is 0.375. The number of aromatic nitrogens is 3. The lowest BCUT2D eigenvalue weighted by Crippen LogP contribution is -2.28. The van der Waals surface area contributed by atoms with Gasteiger partial charge >= 0.3 is 5.97 Å². The highest BCUT2D eigenvalue weighted by Gasteiger charge is 2.35. The molecule has 7 rings (SSSR count). The highest BCUT2D eigenvalue weighted by atomic mass is 19.1. The zero-order valence-corrected chi connectivity index (χ0v) is 29.3. The quantitative estimate of drug-likeness (QED) is 0.194. The van der Waals surface area contributed by atoms with Crippen molar-refractivity contribution >= 4 is 17.0 Å². The molecule has 0 unspecified atom stereocenters. The van der Waals surface area contributed by atoms with Crippen molar-refractivity contribution in [3.05, 3.63) is 82.4 Å². The molecular weight excluding hydrogens is 621 g/mol. The van der Waals surface area contributed by atoms with Crippen LogP contribution >= 0.6 is 0 Å². The van der Waals surface area contributed by atoms with E-state index in [9.17, 15) is 9.90 Å². The van der Waals surface area contributed by atoms with E-state index in [0.29, 0.717) is 53.1 Å². The Balaban J connectivity index is 1.47. The van der Waals surface area contributed by atoms with Gasteiger partial charge in [-0.25, -0.2) is 14.2 Å². The maximum Gasteiger partial charge on any atom is 0.337 e. The van der Waals surface area contributed by atoms with Crippen molar-refractivity contribution in [1.82, 2.24) is 14.5 Å². The fourth-order valence-electron chi connectivity index (χ4n) is 7.28. The van der Waals surface area contributed by atoms with Crippen LogP contribution in [0.5, 0.6) is 11.5 Å². The summed E-state index contributed by atoms with van der Waals surface area (Å²) in [6, 6.07) is 13.7. The second-order valence-corrected chi connectivity index (χ2v) is 14.9. The Morgan fingerprint density at radius 3 is 2.59 bits per heavy atom. The first-order valence-corrected chi connectivity index (χ1v) is 16.7. The summed E-state index contributed by atoms with van der Waals surface area (Å²) >= 11 is 0. The monoisotopic (exact) mass is 663 g/mol. The number of aryl methyl sites for hydroxylation is 2. The van der Waals surface area contributed by atoms with Gasteiger partial charge in [-0.05, 0) is 101 Å². The van der Waals surface area contributed by atoms with E-state index in [1.165, 1.54) is 6.07 Å². The number of benzene rings is 2. The van der Waals surface area contributed by atoms with Gasteiger partial charge in [0.1, 0.15) is 11.4 Å². The first kappa shape index (κ1) is 32.8. The molecule has 1 atom stereocenters. The van der Waals surface area contributed by atoms with Crippen LogP contribution in [0.15, 0.2) is 48.7 Å². The molecule has 0 aliphatic carbocycles. The molecule has 2 aliphatic heterocycles. The summed E-state index contributed by atoms with van der Waals surface area (Å²) in [5.74, 6) is -0.432. The average molecular weight is 664 g/mol. The number of hydrogen-bond acceptors (Lipinski definition) is 6. The van der Waals surface area contributed by atoms with Crippen molar-refractivity contribution in [1.29, 1.82) is 0 Å². The molecule has 0 spiro atoms. The van der Waals surface area contributed by atoms with E-state index in [2.05, 4.69) is 26.0 Å². The second-order valence-electron chi connectivity index (χ2n) is 14.9. The zero-order chi connectivity index (χ0) is 35.0. The van der Waals surface area contributed by atoms with Crippen LogP contribution in [0.1, 0.15) is 75.1 Å². The number of rotatable bonds is 6. The molecule has 0 fully saturated rings. The van der Waals surface area contributed by atoms with E-state index in [0.717, 1.165) is 51.4 Å². The molecule has 0 saturated carbocycles. The number of ether oxygens (including phenoxy) is 3. The predicted molar refractivity (Wildman–Crippen MR) is 188 cm³/mol. The fourth-order valence-corrected chi connectivity index (χ4v) is 7.28. The summed E-state index contributed by atoms with van der Waals surface area (Å²) in [5.41, 5.74) is 8.26. The molecule has 254 valence electrons. The van der Waals surface area contributed by atoms with E-state index in [1.54, 1.807) is 13.1 Å². The Hall–Kier alpha value is -4.76. The predicted octanol–water partition coefficient (Wildman–Crippen LogP) is 8.66. The zero-order valence-electron chi connectivity index (χ0n) is 29.3. The van der Waals surface area contributed by atoms with E-state index in [4.69, 9.17) is 24.2 Å². The average Bonchev–Trinajstić information content (AvgIpc) is 3.55. The number of nitrogens with zero attached hydrogens (tertiary/aromatic N) is 3. The topological polar surface area (TPSA) is 95.7 Å². The minimum Gasteiger partial charge on any atom is -0.492 e. The van der Waals surface area contributed by atoms with Gasteiger partial charge in [0, 0.05) is 63.1 Å². The minimum atomic E-state index is -1.34. The van der Waals surface area contributed by atoms with Crippen molar-refractivity contribution in [3.8, 4) is 45.1 Å². The van der Waals surface area contributed by atoms with Crippen LogP contribution < -0.4 is 9.47 Å². The molecule has 5 heterocycles. The number of halogens is 1. The summed E-state index contributed by atoms with van der Waals surface area (Å²) in [4.78, 5) is 22.7. The molecule has 0 radical (unpaired) electrons. The van der Waals surface area contributed by atoms with Crippen LogP contribution in [0.3, 0.4) is 0 Å². The van der Waals surface area contributed by atoms with E-state index in [1.807, 2.05) is 63.6 Å². The van der Waals surface area contributed by atoms with Gasteiger partial charge in [0.05, 0.1) is 30.2 Å². The third-order valence-electron chi connectivity index (χ3n) is 9.72. The van der Waals surface area contributed by atoms with Crippen LogP contribution in [0.4, 0.5) is 4.39 Å². The molecule has 8 nitrogen and oxygen atoms in total. The van der Waals surface area contributed by atoms with Gasteiger partial charge in [-0.2, -0.15) is 0 Å². The van der Waals surface area contributed by atoms with E-state index in [-0.39, 0.29) is 11.2 Å². The number of hydrogen-bond donors (Lipinski definition) is 1. The Labute approximate surface area is 285 Å². The third kappa shape index (κ3) is 5.63. The van der Waals surface area contributed by atoms with Crippen LogP contribution in [-0.2, 0) is 28.4 Å². The van der Waals surface area contributed by atoms with Crippen LogP contribution in [0.2, 0.25) is 0 Å². The molecule has 9 heteroatoms. The van der Waals surface area contributed by atoms with Gasteiger partial charge in [-0.3, -0.25) is 4.98 Å². The van der Waals surface area contributed by atoms with Gasteiger partial charge < -0.3 is 23.9 Å². The Bertz CT molecular complexity index is 2160. The summed E-state index contributed by atoms with van der Waals surface area (Å²) in [7, 11) is 1.94.